The van der Waals surface area contributed by atoms with Gasteiger partial charge in [-0.25, -0.2) is 4.98 Å². The third-order valence-corrected chi connectivity index (χ3v) is 3.10. The first kappa shape index (κ1) is 10.6. The van der Waals surface area contributed by atoms with Gasteiger partial charge in [0.05, 0.1) is 0 Å². The van der Waals surface area contributed by atoms with Gasteiger partial charge in [-0.1, -0.05) is 13.3 Å². The van der Waals surface area contributed by atoms with Crippen LogP contribution in [0.5, 0.6) is 0 Å². The van der Waals surface area contributed by atoms with E-state index in [0.717, 1.165) is 31.2 Å². The second kappa shape index (κ2) is 4.75. The Morgan fingerprint density at radius 2 is 2.33 bits per heavy atom. The number of hydrogen-bond acceptors (Lipinski definition) is 3. The van der Waals surface area contributed by atoms with E-state index in [0.29, 0.717) is 5.92 Å². The Bertz CT molecular complexity index is 310. The molecule has 84 valence electrons. The highest BCUT2D eigenvalue weighted by Gasteiger charge is 2.19. The molecule has 0 amide bonds. The molecule has 1 unspecified atom stereocenters. The van der Waals surface area contributed by atoms with Crippen LogP contribution in [0.3, 0.4) is 0 Å². The lowest BCUT2D eigenvalue weighted by molar-refractivity contribution is 0.571. The molecule has 0 spiro atoms. The molecular formula is C11H20N4. The number of nitrogens with one attached hydrogen (secondary N) is 1. The van der Waals surface area contributed by atoms with Crippen molar-refractivity contribution in [2.45, 2.75) is 38.5 Å². The van der Waals surface area contributed by atoms with Gasteiger partial charge in [-0.3, -0.25) is 4.68 Å². The van der Waals surface area contributed by atoms with Gasteiger partial charge in [0, 0.05) is 25.9 Å². The van der Waals surface area contributed by atoms with Crippen LogP contribution < -0.4 is 5.32 Å². The van der Waals surface area contributed by atoms with Crippen molar-refractivity contribution in [2.75, 3.05) is 13.1 Å². The lowest BCUT2D eigenvalue weighted by atomic mass is 10.0. The third kappa shape index (κ3) is 2.37. The topological polar surface area (TPSA) is 42.7 Å². The van der Waals surface area contributed by atoms with Gasteiger partial charge in [0.25, 0.3) is 0 Å². The Labute approximate surface area is 91.1 Å². The fraction of sp³-hybridized carbons (Fsp3) is 0.818. The van der Waals surface area contributed by atoms with Crippen LogP contribution in [0.2, 0.25) is 0 Å². The van der Waals surface area contributed by atoms with E-state index in [4.69, 9.17) is 0 Å². The molecule has 2 heterocycles. The monoisotopic (exact) mass is 208 g/mol. The summed E-state index contributed by atoms with van der Waals surface area (Å²) in [5.74, 6) is 2.64. The number of hydrogen-bond donors (Lipinski definition) is 1. The van der Waals surface area contributed by atoms with Crippen molar-refractivity contribution >= 4 is 0 Å². The minimum absolute atomic E-state index is 0.513. The molecule has 0 aliphatic carbocycles. The van der Waals surface area contributed by atoms with Gasteiger partial charge in [0.1, 0.15) is 5.82 Å². The molecule has 1 aliphatic rings. The Morgan fingerprint density at radius 3 is 3.07 bits per heavy atom. The van der Waals surface area contributed by atoms with Crippen LogP contribution in [0.25, 0.3) is 0 Å². The predicted molar refractivity (Wildman–Crippen MR) is 59.8 cm³/mol. The molecule has 1 aliphatic heterocycles. The molecular weight excluding hydrogens is 188 g/mol. The fourth-order valence-electron chi connectivity index (χ4n) is 2.16. The molecule has 4 heteroatoms. The van der Waals surface area contributed by atoms with Gasteiger partial charge < -0.3 is 5.32 Å². The lowest BCUT2D eigenvalue weighted by Gasteiger charge is -2.08. The Kier molecular flexibility index (Phi) is 3.36. The van der Waals surface area contributed by atoms with E-state index in [2.05, 4.69) is 22.3 Å². The molecule has 0 bridgehead atoms. The zero-order valence-corrected chi connectivity index (χ0v) is 9.66. The molecule has 1 saturated heterocycles. The standard InChI is InChI=1S/C11H20N4/c1-3-10-13-11(14-15(10)2)9-6-4-5-7-12-8-9/h9,12H,3-8H2,1-2H3. The molecule has 0 radical (unpaired) electrons. The molecule has 1 fully saturated rings. The average molecular weight is 208 g/mol. The number of rotatable bonds is 2. The van der Waals surface area contributed by atoms with Crippen LogP contribution in [-0.4, -0.2) is 27.9 Å². The van der Waals surface area contributed by atoms with Gasteiger partial charge in [0.15, 0.2) is 5.82 Å². The van der Waals surface area contributed by atoms with E-state index in [-0.39, 0.29) is 0 Å². The van der Waals surface area contributed by atoms with E-state index in [1.165, 1.54) is 19.3 Å². The Hall–Kier alpha value is -0.900. The van der Waals surface area contributed by atoms with E-state index >= 15 is 0 Å². The summed E-state index contributed by atoms with van der Waals surface area (Å²) in [4.78, 5) is 4.61. The first-order chi connectivity index (χ1) is 7.31. The third-order valence-electron chi connectivity index (χ3n) is 3.10. The lowest BCUT2D eigenvalue weighted by Crippen LogP contribution is -2.20. The summed E-state index contributed by atoms with van der Waals surface area (Å²) in [6.45, 7) is 4.30. The minimum Gasteiger partial charge on any atom is -0.316 e. The maximum atomic E-state index is 4.61. The smallest absolute Gasteiger partial charge is 0.155 e. The second-order valence-corrected chi connectivity index (χ2v) is 4.26. The quantitative estimate of drug-likeness (QED) is 0.795. The first-order valence-corrected chi connectivity index (χ1v) is 5.91. The summed E-state index contributed by atoms with van der Waals surface area (Å²) in [6, 6.07) is 0. The number of aryl methyl sites for hydroxylation is 2. The normalized spacial score (nSPS) is 22.7. The molecule has 4 nitrogen and oxygen atoms in total. The summed E-state index contributed by atoms with van der Waals surface area (Å²) in [5.41, 5.74) is 0. The molecule has 2 rings (SSSR count). The summed E-state index contributed by atoms with van der Waals surface area (Å²) < 4.78 is 1.92. The van der Waals surface area contributed by atoms with Crippen molar-refractivity contribution in [3.05, 3.63) is 11.6 Å². The highest BCUT2D eigenvalue weighted by atomic mass is 15.3. The summed E-state index contributed by atoms with van der Waals surface area (Å²) >= 11 is 0. The maximum absolute atomic E-state index is 4.61. The summed E-state index contributed by atoms with van der Waals surface area (Å²) in [5, 5.41) is 7.97. The molecule has 0 aromatic carbocycles. The van der Waals surface area contributed by atoms with Crippen LogP contribution in [0.4, 0.5) is 0 Å². The van der Waals surface area contributed by atoms with Gasteiger partial charge in [-0.2, -0.15) is 5.10 Å². The van der Waals surface area contributed by atoms with Gasteiger partial charge in [0.2, 0.25) is 0 Å². The number of aromatic nitrogens is 3. The average Bonchev–Trinajstić information content (AvgIpc) is 2.48. The molecule has 0 saturated carbocycles. The van der Waals surface area contributed by atoms with Crippen LogP contribution in [-0.2, 0) is 13.5 Å². The van der Waals surface area contributed by atoms with Crippen LogP contribution >= 0.6 is 0 Å². The van der Waals surface area contributed by atoms with E-state index in [9.17, 15) is 0 Å². The van der Waals surface area contributed by atoms with Crippen molar-refractivity contribution in [1.82, 2.24) is 20.1 Å². The predicted octanol–water partition coefficient (Wildman–Crippen LogP) is 1.23. The van der Waals surface area contributed by atoms with Crippen molar-refractivity contribution in [2.24, 2.45) is 7.05 Å². The van der Waals surface area contributed by atoms with Crippen LogP contribution in [0, 0.1) is 0 Å². The van der Waals surface area contributed by atoms with E-state index in [1.807, 2.05) is 11.7 Å². The van der Waals surface area contributed by atoms with Crippen molar-refractivity contribution < 1.29 is 0 Å². The zero-order valence-electron chi connectivity index (χ0n) is 9.66. The maximum Gasteiger partial charge on any atom is 0.155 e. The molecule has 15 heavy (non-hydrogen) atoms. The van der Waals surface area contributed by atoms with E-state index < -0.39 is 0 Å². The minimum atomic E-state index is 0.513. The Morgan fingerprint density at radius 1 is 1.47 bits per heavy atom. The van der Waals surface area contributed by atoms with Crippen molar-refractivity contribution in [3.63, 3.8) is 0 Å². The molecule has 1 N–H and O–H groups in total. The van der Waals surface area contributed by atoms with Crippen molar-refractivity contribution in [3.8, 4) is 0 Å². The highest BCUT2D eigenvalue weighted by Crippen LogP contribution is 2.20. The van der Waals surface area contributed by atoms with Gasteiger partial charge >= 0.3 is 0 Å². The fourth-order valence-corrected chi connectivity index (χ4v) is 2.16. The highest BCUT2D eigenvalue weighted by molar-refractivity contribution is 5.00. The molecule has 1 atom stereocenters. The Balaban J connectivity index is 2.12. The summed E-state index contributed by atoms with van der Waals surface area (Å²) in [7, 11) is 1.99. The SMILES string of the molecule is CCc1nc(C2CCCCNC2)nn1C. The molecule has 1 aromatic rings. The van der Waals surface area contributed by atoms with Crippen molar-refractivity contribution in [1.29, 1.82) is 0 Å². The zero-order chi connectivity index (χ0) is 10.7. The first-order valence-electron chi connectivity index (χ1n) is 5.91. The van der Waals surface area contributed by atoms with Gasteiger partial charge in [-0.05, 0) is 19.4 Å². The second-order valence-electron chi connectivity index (χ2n) is 4.26. The van der Waals surface area contributed by atoms with Gasteiger partial charge in [-0.15, -0.1) is 0 Å². The largest absolute Gasteiger partial charge is 0.316 e. The van der Waals surface area contributed by atoms with Crippen LogP contribution in [0.1, 0.15) is 43.8 Å². The summed E-state index contributed by atoms with van der Waals surface area (Å²) in [6.07, 6.45) is 4.76. The van der Waals surface area contributed by atoms with E-state index in [1.54, 1.807) is 0 Å². The molecule has 1 aromatic heterocycles. The van der Waals surface area contributed by atoms with Crippen LogP contribution in [0.15, 0.2) is 0 Å². The number of nitrogens with zero attached hydrogens (tertiary/aromatic N) is 3.